The minimum absolute atomic E-state index is 0.0546. The van der Waals surface area contributed by atoms with Crippen molar-refractivity contribution in [2.45, 2.75) is 88.0 Å². The Morgan fingerprint density at radius 2 is 1.77 bits per heavy atom. The van der Waals surface area contributed by atoms with Gasteiger partial charge in [-0.05, 0) is 51.5 Å². The summed E-state index contributed by atoms with van der Waals surface area (Å²) in [6.45, 7) is 1.84. The number of hydrogen-bond donors (Lipinski definition) is 2. The summed E-state index contributed by atoms with van der Waals surface area (Å²) >= 11 is 0. The van der Waals surface area contributed by atoms with Gasteiger partial charge in [0.1, 0.15) is 0 Å². The standard InChI is InChI=1S/C19H35N3O3S/c1-22(17-9-3-2-4-10-17)26(24,25)18-11-5-7-15(13-18)19(23)21-16-8-6-12-20-14-16/h15-18,20H,2-14H2,1H3,(H,21,23). The Kier molecular flexibility index (Phi) is 6.97. The van der Waals surface area contributed by atoms with Crippen LogP contribution in [0.1, 0.15) is 70.6 Å². The normalized spacial score (nSPS) is 31.7. The molecule has 3 unspecified atom stereocenters. The summed E-state index contributed by atoms with van der Waals surface area (Å²) in [5, 5.41) is 6.05. The van der Waals surface area contributed by atoms with E-state index in [9.17, 15) is 13.2 Å². The Labute approximate surface area is 158 Å². The maximum Gasteiger partial charge on any atom is 0.223 e. The average molecular weight is 386 g/mol. The van der Waals surface area contributed by atoms with Crippen molar-refractivity contribution in [3.63, 3.8) is 0 Å². The highest BCUT2D eigenvalue weighted by molar-refractivity contribution is 7.89. The van der Waals surface area contributed by atoms with E-state index in [2.05, 4.69) is 10.6 Å². The molecule has 1 heterocycles. The molecule has 7 heteroatoms. The van der Waals surface area contributed by atoms with E-state index in [1.165, 1.54) is 6.42 Å². The zero-order valence-corrected chi connectivity index (χ0v) is 16.9. The number of hydrogen-bond acceptors (Lipinski definition) is 4. The smallest absolute Gasteiger partial charge is 0.223 e. The van der Waals surface area contributed by atoms with E-state index in [1.807, 2.05) is 0 Å². The molecule has 1 amide bonds. The Hall–Kier alpha value is -0.660. The highest BCUT2D eigenvalue weighted by Gasteiger charge is 2.39. The van der Waals surface area contributed by atoms with Gasteiger partial charge in [0.15, 0.2) is 0 Å². The Bertz CT molecular complexity index is 569. The summed E-state index contributed by atoms with van der Waals surface area (Å²) in [6.07, 6.45) is 10.3. The molecule has 2 saturated carbocycles. The molecule has 150 valence electrons. The summed E-state index contributed by atoms with van der Waals surface area (Å²) in [5.74, 6) is -0.107. The first kappa shape index (κ1) is 20.1. The number of rotatable bonds is 5. The largest absolute Gasteiger partial charge is 0.352 e. The molecule has 2 aliphatic carbocycles. The van der Waals surface area contributed by atoms with Crippen LogP contribution in [-0.4, -0.2) is 56.1 Å². The highest BCUT2D eigenvalue weighted by Crippen LogP contribution is 2.33. The van der Waals surface area contributed by atoms with E-state index in [1.54, 1.807) is 11.4 Å². The zero-order chi connectivity index (χ0) is 18.6. The number of sulfonamides is 1. The van der Waals surface area contributed by atoms with Crippen molar-refractivity contribution < 1.29 is 13.2 Å². The van der Waals surface area contributed by atoms with Crippen LogP contribution >= 0.6 is 0 Å². The van der Waals surface area contributed by atoms with Gasteiger partial charge in [0.05, 0.1) is 5.25 Å². The molecule has 0 aromatic rings. The molecule has 3 fully saturated rings. The summed E-state index contributed by atoms with van der Waals surface area (Å²) in [6, 6.07) is 0.342. The molecule has 0 bridgehead atoms. The maximum atomic E-state index is 13.1. The molecule has 0 aromatic heterocycles. The first-order valence-corrected chi connectivity index (χ1v) is 12.0. The third-order valence-corrected chi connectivity index (χ3v) is 8.92. The minimum Gasteiger partial charge on any atom is -0.352 e. The minimum atomic E-state index is -3.32. The number of carbonyl (C=O) groups excluding carboxylic acids is 1. The molecular weight excluding hydrogens is 350 g/mol. The second-order valence-corrected chi connectivity index (χ2v) is 10.7. The van der Waals surface area contributed by atoms with Crippen molar-refractivity contribution in [1.29, 1.82) is 0 Å². The lowest BCUT2D eigenvalue weighted by molar-refractivity contribution is -0.126. The van der Waals surface area contributed by atoms with Crippen LogP contribution in [0.25, 0.3) is 0 Å². The summed E-state index contributed by atoms with van der Waals surface area (Å²) in [5.41, 5.74) is 0. The molecule has 0 spiro atoms. The number of carbonyl (C=O) groups is 1. The molecule has 26 heavy (non-hydrogen) atoms. The van der Waals surface area contributed by atoms with Crippen molar-refractivity contribution in [3.05, 3.63) is 0 Å². The fourth-order valence-electron chi connectivity index (χ4n) is 4.84. The quantitative estimate of drug-likeness (QED) is 0.759. The van der Waals surface area contributed by atoms with Gasteiger partial charge in [-0.1, -0.05) is 25.7 Å². The predicted molar refractivity (Wildman–Crippen MR) is 103 cm³/mol. The van der Waals surface area contributed by atoms with Gasteiger partial charge in [0.25, 0.3) is 0 Å². The van der Waals surface area contributed by atoms with Gasteiger partial charge in [-0.15, -0.1) is 0 Å². The Morgan fingerprint density at radius 3 is 2.46 bits per heavy atom. The second kappa shape index (κ2) is 9.02. The Morgan fingerprint density at radius 1 is 1.00 bits per heavy atom. The van der Waals surface area contributed by atoms with Crippen LogP contribution in [0.2, 0.25) is 0 Å². The lowest BCUT2D eigenvalue weighted by Gasteiger charge is -2.36. The van der Waals surface area contributed by atoms with Gasteiger partial charge in [-0.25, -0.2) is 12.7 Å². The van der Waals surface area contributed by atoms with Gasteiger partial charge < -0.3 is 10.6 Å². The Balaban J connectivity index is 1.58. The molecule has 6 nitrogen and oxygen atoms in total. The first-order chi connectivity index (χ1) is 12.5. The van der Waals surface area contributed by atoms with Gasteiger partial charge in [0, 0.05) is 31.6 Å². The fourth-order valence-corrected chi connectivity index (χ4v) is 6.87. The lowest BCUT2D eigenvalue weighted by Crippen LogP contribution is -2.49. The van der Waals surface area contributed by atoms with E-state index in [-0.39, 0.29) is 23.9 Å². The van der Waals surface area contributed by atoms with Crippen LogP contribution in [-0.2, 0) is 14.8 Å². The highest BCUT2D eigenvalue weighted by atomic mass is 32.2. The van der Waals surface area contributed by atoms with Crippen LogP contribution in [0, 0.1) is 5.92 Å². The molecule has 1 saturated heterocycles. The summed E-state index contributed by atoms with van der Waals surface area (Å²) < 4.78 is 27.9. The topological polar surface area (TPSA) is 78.5 Å². The van der Waals surface area contributed by atoms with Crippen molar-refractivity contribution in [2.24, 2.45) is 5.92 Å². The van der Waals surface area contributed by atoms with Gasteiger partial charge >= 0.3 is 0 Å². The van der Waals surface area contributed by atoms with E-state index in [0.29, 0.717) is 12.8 Å². The second-order valence-electron chi connectivity index (χ2n) is 8.39. The lowest BCUT2D eigenvalue weighted by atomic mass is 9.88. The van der Waals surface area contributed by atoms with E-state index >= 15 is 0 Å². The number of nitrogens with one attached hydrogen (secondary N) is 2. The van der Waals surface area contributed by atoms with E-state index < -0.39 is 15.3 Å². The number of amides is 1. The van der Waals surface area contributed by atoms with E-state index in [4.69, 9.17) is 0 Å². The summed E-state index contributed by atoms with van der Waals surface area (Å²) in [4.78, 5) is 12.7. The third-order valence-electron chi connectivity index (χ3n) is 6.55. The number of nitrogens with zero attached hydrogens (tertiary/aromatic N) is 1. The summed E-state index contributed by atoms with van der Waals surface area (Å²) in [7, 11) is -1.57. The van der Waals surface area contributed by atoms with Crippen molar-refractivity contribution in [2.75, 3.05) is 20.1 Å². The monoisotopic (exact) mass is 385 g/mol. The van der Waals surface area contributed by atoms with Crippen molar-refractivity contribution >= 4 is 15.9 Å². The molecular formula is C19H35N3O3S. The molecule has 1 aliphatic heterocycles. The van der Waals surface area contributed by atoms with E-state index in [0.717, 1.165) is 64.5 Å². The maximum absolute atomic E-state index is 13.1. The molecule has 0 radical (unpaired) electrons. The third kappa shape index (κ3) is 4.78. The number of piperidine rings is 1. The zero-order valence-electron chi connectivity index (χ0n) is 16.1. The van der Waals surface area contributed by atoms with Crippen LogP contribution in [0.3, 0.4) is 0 Å². The van der Waals surface area contributed by atoms with Crippen LogP contribution in [0.4, 0.5) is 0 Å². The SMILES string of the molecule is CN(C1CCCCC1)S(=O)(=O)C1CCCC(C(=O)NC2CCCNC2)C1. The molecule has 3 aliphatic rings. The van der Waals surface area contributed by atoms with Crippen LogP contribution in [0.15, 0.2) is 0 Å². The van der Waals surface area contributed by atoms with Gasteiger partial charge in [0.2, 0.25) is 15.9 Å². The predicted octanol–water partition coefficient (Wildman–Crippen LogP) is 2.01. The molecule has 0 aromatic carbocycles. The van der Waals surface area contributed by atoms with Gasteiger partial charge in [-0.3, -0.25) is 4.79 Å². The first-order valence-electron chi connectivity index (χ1n) is 10.5. The van der Waals surface area contributed by atoms with Crippen LogP contribution < -0.4 is 10.6 Å². The fraction of sp³-hybridized carbons (Fsp3) is 0.947. The van der Waals surface area contributed by atoms with Gasteiger partial charge in [-0.2, -0.15) is 0 Å². The average Bonchev–Trinajstić information content (AvgIpc) is 2.69. The van der Waals surface area contributed by atoms with Crippen LogP contribution in [0.5, 0.6) is 0 Å². The molecule has 3 atom stereocenters. The van der Waals surface area contributed by atoms with Crippen molar-refractivity contribution in [3.8, 4) is 0 Å². The molecule has 2 N–H and O–H groups in total. The molecule has 3 rings (SSSR count). The van der Waals surface area contributed by atoms with Crippen molar-refractivity contribution in [1.82, 2.24) is 14.9 Å².